The topological polar surface area (TPSA) is 59.3 Å². The molecule has 4 aromatic carbocycles. The van der Waals surface area contributed by atoms with E-state index in [-0.39, 0.29) is 0 Å². The molecule has 40 heavy (non-hydrogen) atoms. The van der Waals surface area contributed by atoms with Crippen LogP contribution in [0.3, 0.4) is 0 Å². The van der Waals surface area contributed by atoms with Crippen molar-refractivity contribution < 1.29 is 28.1 Å². The van der Waals surface area contributed by atoms with Crippen LogP contribution in [0.25, 0.3) is 22.3 Å². The lowest BCUT2D eigenvalue weighted by atomic mass is 9.99. The molecule has 6 heteroatoms. The molecule has 0 aliphatic rings. The molecule has 0 N–H and O–H groups in total. The summed E-state index contributed by atoms with van der Waals surface area (Å²) >= 11 is 0. The molecule has 202 valence electrons. The number of hydrogen-bond donors (Lipinski definition) is 0. The smallest absolute Gasteiger partial charge is 0.148 e. The van der Waals surface area contributed by atoms with Gasteiger partial charge in [-0.1, -0.05) is 42.2 Å². The van der Waals surface area contributed by atoms with Crippen molar-refractivity contribution in [3.05, 3.63) is 108 Å². The zero-order valence-electron chi connectivity index (χ0n) is 22.9. The second-order valence-electron chi connectivity index (χ2n) is 8.95. The molecule has 0 fully saturated rings. The van der Waals surface area contributed by atoms with E-state index < -0.39 is 6.10 Å². The van der Waals surface area contributed by atoms with Gasteiger partial charge in [0.05, 0.1) is 46.0 Å². The highest BCUT2D eigenvalue weighted by molar-refractivity contribution is 5.95. The first-order chi connectivity index (χ1) is 19.6. The normalized spacial score (nSPS) is 11.4. The molecule has 0 radical (unpaired) electrons. The first-order valence-electron chi connectivity index (χ1n) is 12.8. The summed E-state index contributed by atoms with van der Waals surface area (Å²) in [4.78, 5) is 0. The Labute approximate surface area is 234 Å². The maximum atomic E-state index is 6.55. The van der Waals surface area contributed by atoms with E-state index in [1.54, 1.807) is 28.4 Å². The van der Waals surface area contributed by atoms with Gasteiger partial charge >= 0.3 is 0 Å². The largest absolute Gasteiger partial charge is 0.497 e. The van der Waals surface area contributed by atoms with Gasteiger partial charge in [0, 0.05) is 23.3 Å². The van der Waals surface area contributed by atoms with Crippen molar-refractivity contribution in [2.75, 3.05) is 28.4 Å². The molecule has 5 aromatic rings. The number of rotatable bonds is 9. The second kappa shape index (κ2) is 12.3. The van der Waals surface area contributed by atoms with Crippen LogP contribution in [0.2, 0.25) is 0 Å². The minimum atomic E-state index is -0.650. The minimum absolute atomic E-state index is 0.325. The number of fused-ring (bicyclic) bond motifs is 1. The molecular formula is C34H30O6. The van der Waals surface area contributed by atoms with E-state index in [4.69, 9.17) is 28.1 Å². The second-order valence-corrected chi connectivity index (χ2v) is 8.95. The van der Waals surface area contributed by atoms with Crippen molar-refractivity contribution in [2.24, 2.45) is 0 Å². The fourth-order valence-electron chi connectivity index (χ4n) is 4.44. The van der Waals surface area contributed by atoms with Crippen LogP contribution < -0.4 is 18.9 Å². The Balaban J connectivity index is 1.68. The van der Waals surface area contributed by atoms with E-state index in [2.05, 4.69) is 11.8 Å². The van der Waals surface area contributed by atoms with Crippen LogP contribution >= 0.6 is 0 Å². The number of furan rings is 1. The zero-order chi connectivity index (χ0) is 27.9. The van der Waals surface area contributed by atoms with Crippen LogP contribution in [-0.4, -0.2) is 28.4 Å². The zero-order valence-corrected chi connectivity index (χ0v) is 22.9. The summed E-state index contributed by atoms with van der Waals surface area (Å²) in [5.41, 5.74) is 4.11. The van der Waals surface area contributed by atoms with Gasteiger partial charge < -0.3 is 28.1 Å². The molecular weight excluding hydrogens is 504 g/mol. The Morgan fingerprint density at radius 3 is 1.98 bits per heavy atom. The van der Waals surface area contributed by atoms with Crippen molar-refractivity contribution in [3.63, 3.8) is 0 Å². The Morgan fingerprint density at radius 1 is 0.700 bits per heavy atom. The third-order valence-electron chi connectivity index (χ3n) is 6.53. The molecule has 0 saturated carbocycles. The van der Waals surface area contributed by atoms with E-state index in [1.165, 1.54) is 0 Å². The van der Waals surface area contributed by atoms with E-state index >= 15 is 0 Å². The van der Waals surface area contributed by atoms with Crippen LogP contribution in [-0.2, 0) is 11.3 Å². The van der Waals surface area contributed by atoms with Crippen LogP contribution in [0, 0.1) is 11.8 Å². The standard InChI is InChI=1S/C34H30O6/c1-35-26-15-10-24(11-16-26)22-39-29(19-12-23-8-6-5-7-9-23)33-32-30(38-4)20-28(37-3)21-31(32)40-34(33)25-13-17-27(36-2)18-14-25/h5-11,13-18,20-21,29H,22H2,1-4H3. The Hall–Kier alpha value is -4.86. The molecule has 0 spiro atoms. The average Bonchev–Trinajstić information content (AvgIpc) is 3.40. The van der Waals surface area contributed by atoms with Gasteiger partial charge in [0.2, 0.25) is 0 Å². The van der Waals surface area contributed by atoms with Gasteiger partial charge in [0.25, 0.3) is 0 Å². The van der Waals surface area contributed by atoms with Gasteiger partial charge in [-0.25, -0.2) is 0 Å². The summed E-state index contributed by atoms with van der Waals surface area (Å²) in [5, 5.41) is 0.774. The van der Waals surface area contributed by atoms with Gasteiger partial charge in [-0.2, -0.15) is 0 Å². The maximum absolute atomic E-state index is 6.55. The fraction of sp³-hybridized carbons (Fsp3) is 0.176. The van der Waals surface area contributed by atoms with Crippen molar-refractivity contribution in [3.8, 4) is 46.2 Å². The molecule has 1 heterocycles. The van der Waals surface area contributed by atoms with Gasteiger partial charge in [-0.3, -0.25) is 0 Å². The highest BCUT2D eigenvalue weighted by Gasteiger charge is 2.27. The molecule has 1 atom stereocenters. The van der Waals surface area contributed by atoms with E-state index in [0.29, 0.717) is 29.4 Å². The SMILES string of the molecule is COc1ccc(COC(C#Cc2ccccc2)c2c(-c3ccc(OC)cc3)oc3cc(OC)cc(OC)c23)cc1. The first kappa shape index (κ1) is 26.7. The van der Waals surface area contributed by atoms with Crippen LogP contribution in [0.15, 0.2) is 95.4 Å². The molecule has 0 aliphatic heterocycles. The van der Waals surface area contributed by atoms with Gasteiger partial charge in [-0.15, -0.1) is 0 Å². The summed E-state index contributed by atoms with van der Waals surface area (Å²) in [5.74, 6) is 10.0. The van der Waals surface area contributed by atoms with Crippen molar-refractivity contribution in [1.82, 2.24) is 0 Å². The molecule has 6 nitrogen and oxygen atoms in total. The van der Waals surface area contributed by atoms with Crippen LogP contribution in [0.1, 0.15) is 22.8 Å². The number of ether oxygens (including phenoxy) is 5. The van der Waals surface area contributed by atoms with Gasteiger partial charge in [0.15, 0.2) is 0 Å². The number of hydrogen-bond acceptors (Lipinski definition) is 6. The van der Waals surface area contributed by atoms with Gasteiger partial charge in [0.1, 0.15) is 40.4 Å². The summed E-state index contributed by atoms with van der Waals surface area (Å²) in [7, 11) is 6.52. The lowest BCUT2D eigenvalue weighted by Crippen LogP contribution is -2.04. The fourth-order valence-corrected chi connectivity index (χ4v) is 4.44. The molecule has 0 bridgehead atoms. The molecule has 0 amide bonds. The Morgan fingerprint density at radius 2 is 1.35 bits per heavy atom. The minimum Gasteiger partial charge on any atom is -0.497 e. The Bertz CT molecular complexity index is 1620. The third kappa shape index (κ3) is 5.75. The lowest BCUT2D eigenvalue weighted by Gasteiger charge is -2.15. The summed E-state index contributed by atoms with van der Waals surface area (Å²) in [6.07, 6.45) is -0.650. The lowest BCUT2D eigenvalue weighted by molar-refractivity contribution is 0.0788. The van der Waals surface area contributed by atoms with Crippen LogP contribution in [0.4, 0.5) is 0 Å². The molecule has 0 saturated heterocycles. The predicted molar refractivity (Wildman–Crippen MR) is 155 cm³/mol. The number of benzene rings is 4. The summed E-state index contributed by atoms with van der Waals surface area (Å²) in [6.45, 7) is 0.325. The van der Waals surface area contributed by atoms with Gasteiger partial charge in [-0.05, 0) is 54.1 Å². The highest BCUT2D eigenvalue weighted by atomic mass is 16.5. The predicted octanol–water partition coefficient (Wildman–Crippen LogP) is 7.44. The van der Waals surface area contributed by atoms with Crippen LogP contribution in [0.5, 0.6) is 23.0 Å². The molecule has 1 unspecified atom stereocenters. The monoisotopic (exact) mass is 534 g/mol. The molecule has 0 aliphatic carbocycles. The average molecular weight is 535 g/mol. The van der Waals surface area contributed by atoms with Crippen molar-refractivity contribution in [2.45, 2.75) is 12.7 Å². The molecule has 1 aromatic heterocycles. The maximum Gasteiger partial charge on any atom is 0.148 e. The highest BCUT2D eigenvalue weighted by Crippen LogP contribution is 2.45. The van der Waals surface area contributed by atoms with E-state index in [0.717, 1.165) is 39.1 Å². The third-order valence-corrected chi connectivity index (χ3v) is 6.53. The summed E-state index contributed by atoms with van der Waals surface area (Å²) < 4.78 is 35.1. The number of methoxy groups -OCH3 is 4. The van der Waals surface area contributed by atoms with E-state index in [9.17, 15) is 0 Å². The van der Waals surface area contributed by atoms with Crippen molar-refractivity contribution >= 4 is 11.0 Å². The summed E-state index contributed by atoms with van der Waals surface area (Å²) in [6, 6.07) is 29.0. The quantitative estimate of drug-likeness (QED) is 0.183. The van der Waals surface area contributed by atoms with Crippen molar-refractivity contribution in [1.29, 1.82) is 0 Å². The first-order valence-corrected chi connectivity index (χ1v) is 12.8. The van der Waals surface area contributed by atoms with E-state index in [1.807, 2.05) is 91.0 Å². The Kier molecular flexibility index (Phi) is 8.24. The molecule has 5 rings (SSSR count).